The molecule has 0 aliphatic rings. The number of nitrogens with zero attached hydrogens (tertiary/aromatic N) is 2. The quantitative estimate of drug-likeness (QED) is 0.883. The maximum absolute atomic E-state index is 11.0. The molecule has 2 rings (SSSR count). The summed E-state index contributed by atoms with van der Waals surface area (Å²) in [5, 5.41) is 13.4. The molecule has 18 heavy (non-hydrogen) atoms. The Hall–Kier alpha value is -2.10. The largest absolute Gasteiger partial charge is 0.478 e. The smallest absolute Gasteiger partial charge is 0.335 e. The Morgan fingerprint density at radius 1 is 1.28 bits per heavy atom. The van der Waals surface area contributed by atoms with Crippen LogP contribution in [0.25, 0.3) is 11.1 Å². The summed E-state index contributed by atoms with van der Waals surface area (Å²) < 4.78 is 1.84. The lowest BCUT2D eigenvalue weighted by Crippen LogP contribution is -1.99. The van der Waals surface area contributed by atoms with Crippen LogP contribution in [0.5, 0.6) is 0 Å². The van der Waals surface area contributed by atoms with Gasteiger partial charge in [0, 0.05) is 18.3 Å². The maximum atomic E-state index is 11.0. The number of aromatic carboxylic acids is 1. The van der Waals surface area contributed by atoms with Crippen molar-refractivity contribution < 1.29 is 9.90 Å². The van der Waals surface area contributed by atoms with Gasteiger partial charge in [-0.15, -0.1) is 0 Å². The van der Waals surface area contributed by atoms with Crippen LogP contribution in [0.15, 0.2) is 18.2 Å². The molecule has 0 saturated heterocycles. The molecular weight excluding hydrogens is 228 g/mol. The van der Waals surface area contributed by atoms with Crippen molar-refractivity contribution in [3.05, 3.63) is 40.7 Å². The van der Waals surface area contributed by atoms with Crippen LogP contribution in [-0.4, -0.2) is 20.9 Å². The van der Waals surface area contributed by atoms with Crippen LogP contribution in [0.1, 0.15) is 27.3 Å². The summed E-state index contributed by atoms with van der Waals surface area (Å²) in [5.41, 5.74) is 5.24. The third kappa shape index (κ3) is 1.90. The summed E-state index contributed by atoms with van der Waals surface area (Å²) in [4.78, 5) is 11.0. The van der Waals surface area contributed by atoms with Crippen LogP contribution in [-0.2, 0) is 7.05 Å². The van der Waals surface area contributed by atoms with Crippen molar-refractivity contribution in [1.29, 1.82) is 0 Å². The minimum Gasteiger partial charge on any atom is -0.478 e. The van der Waals surface area contributed by atoms with E-state index in [0.29, 0.717) is 5.56 Å². The predicted molar refractivity (Wildman–Crippen MR) is 69.8 cm³/mol. The Balaban J connectivity index is 2.59. The van der Waals surface area contributed by atoms with Gasteiger partial charge in [0.25, 0.3) is 0 Å². The molecule has 94 valence electrons. The Bertz CT molecular complexity index is 627. The van der Waals surface area contributed by atoms with Crippen LogP contribution >= 0.6 is 0 Å². The fourth-order valence-electron chi connectivity index (χ4n) is 2.25. The highest BCUT2D eigenvalue weighted by Gasteiger charge is 2.14. The number of hydrogen-bond donors (Lipinski definition) is 1. The van der Waals surface area contributed by atoms with Gasteiger partial charge in [0.15, 0.2) is 0 Å². The molecule has 0 spiro atoms. The first-order valence-corrected chi connectivity index (χ1v) is 5.76. The van der Waals surface area contributed by atoms with Gasteiger partial charge in [-0.25, -0.2) is 4.79 Å². The zero-order valence-electron chi connectivity index (χ0n) is 11.0. The first kappa shape index (κ1) is 12.4. The third-order valence-electron chi connectivity index (χ3n) is 3.25. The topological polar surface area (TPSA) is 55.1 Å². The minimum absolute atomic E-state index is 0.345. The number of hydrogen-bond acceptors (Lipinski definition) is 2. The third-order valence-corrected chi connectivity index (χ3v) is 3.25. The van der Waals surface area contributed by atoms with Gasteiger partial charge in [0.05, 0.1) is 11.3 Å². The molecule has 1 aromatic carbocycles. The van der Waals surface area contributed by atoms with E-state index in [1.165, 1.54) is 0 Å². The highest BCUT2D eigenvalue weighted by atomic mass is 16.4. The average Bonchev–Trinajstić information content (AvgIpc) is 2.52. The van der Waals surface area contributed by atoms with Crippen LogP contribution in [0.3, 0.4) is 0 Å². The van der Waals surface area contributed by atoms with Crippen molar-refractivity contribution in [1.82, 2.24) is 9.78 Å². The van der Waals surface area contributed by atoms with Gasteiger partial charge in [0.2, 0.25) is 0 Å². The predicted octanol–water partition coefficient (Wildman–Crippen LogP) is 2.71. The monoisotopic (exact) mass is 244 g/mol. The van der Waals surface area contributed by atoms with Crippen LogP contribution < -0.4 is 0 Å². The van der Waals surface area contributed by atoms with E-state index in [-0.39, 0.29) is 0 Å². The van der Waals surface area contributed by atoms with Crippen molar-refractivity contribution in [3.8, 4) is 11.1 Å². The lowest BCUT2D eigenvalue weighted by atomic mass is 9.98. The molecule has 1 heterocycles. The van der Waals surface area contributed by atoms with Gasteiger partial charge in [-0.3, -0.25) is 4.68 Å². The minimum atomic E-state index is -0.890. The highest BCUT2D eigenvalue weighted by molar-refractivity contribution is 5.90. The van der Waals surface area contributed by atoms with Crippen molar-refractivity contribution in [2.24, 2.45) is 7.05 Å². The van der Waals surface area contributed by atoms with E-state index in [2.05, 4.69) is 5.10 Å². The Kier molecular flexibility index (Phi) is 2.95. The van der Waals surface area contributed by atoms with E-state index in [4.69, 9.17) is 5.11 Å². The Morgan fingerprint density at radius 2 is 1.94 bits per heavy atom. The summed E-state index contributed by atoms with van der Waals surface area (Å²) in [6.45, 7) is 5.78. The molecule has 0 radical (unpaired) electrons. The molecule has 0 aliphatic carbocycles. The van der Waals surface area contributed by atoms with Crippen LogP contribution in [0, 0.1) is 20.8 Å². The van der Waals surface area contributed by atoms with E-state index < -0.39 is 5.97 Å². The van der Waals surface area contributed by atoms with Gasteiger partial charge >= 0.3 is 5.97 Å². The molecule has 0 unspecified atom stereocenters. The second-order valence-electron chi connectivity index (χ2n) is 4.50. The standard InChI is InChI=1S/C14H16N2O2/c1-8-7-11(5-6-12(8)14(17)18)13-9(2)15-16(4)10(13)3/h5-7H,1-4H3,(H,17,18). The summed E-state index contributed by atoms with van der Waals surface area (Å²) in [6.07, 6.45) is 0. The van der Waals surface area contributed by atoms with Crippen molar-refractivity contribution in [2.45, 2.75) is 20.8 Å². The van der Waals surface area contributed by atoms with E-state index in [1.807, 2.05) is 44.6 Å². The number of rotatable bonds is 2. The second-order valence-corrected chi connectivity index (χ2v) is 4.50. The highest BCUT2D eigenvalue weighted by Crippen LogP contribution is 2.28. The van der Waals surface area contributed by atoms with Gasteiger partial charge in [-0.2, -0.15) is 5.10 Å². The zero-order chi connectivity index (χ0) is 13.4. The molecule has 4 nitrogen and oxygen atoms in total. The number of carboxylic acid groups (broad SMARTS) is 1. The molecule has 0 aliphatic heterocycles. The molecule has 2 aromatic rings. The second kappa shape index (κ2) is 4.29. The zero-order valence-corrected chi connectivity index (χ0v) is 11.0. The lowest BCUT2D eigenvalue weighted by Gasteiger charge is -2.06. The van der Waals surface area contributed by atoms with Crippen LogP contribution in [0.2, 0.25) is 0 Å². The van der Waals surface area contributed by atoms with Gasteiger partial charge < -0.3 is 5.11 Å². The molecule has 4 heteroatoms. The van der Waals surface area contributed by atoms with Gasteiger partial charge in [0.1, 0.15) is 0 Å². The van der Waals surface area contributed by atoms with Crippen LogP contribution in [0.4, 0.5) is 0 Å². The lowest BCUT2D eigenvalue weighted by molar-refractivity contribution is 0.0696. The maximum Gasteiger partial charge on any atom is 0.335 e. The number of benzene rings is 1. The summed E-state index contributed by atoms with van der Waals surface area (Å²) >= 11 is 0. The summed E-state index contributed by atoms with van der Waals surface area (Å²) in [5.74, 6) is -0.890. The Morgan fingerprint density at radius 3 is 2.39 bits per heavy atom. The van der Waals surface area contributed by atoms with Gasteiger partial charge in [-0.1, -0.05) is 12.1 Å². The number of carboxylic acids is 1. The van der Waals surface area contributed by atoms with Crippen molar-refractivity contribution in [2.75, 3.05) is 0 Å². The van der Waals surface area contributed by atoms with E-state index in [1.54, 1.807) is 6.07 Å². The first-order chi connectivity index (χ1) is 8.41. The normalized spacial score (nSPS) is 10.7. The van der Waals surface area contributed by atoms with E-state index >= 15 is 0 Å². The molecule has 1 aromatic heterocycles. The molecule has 0 amide bonds. The number of carbonyl (C=O) groups is 1. The molecular formula is C14H16N2O2. The molecule has 0 atom stereocenters. The van der Waals surface area contributed by atoms with Crippen molar-refractivity contribution in [3.63, 3.8) is 0 Å². The van der Waals surface area contributed by atoms with Crippen molar-refractivity contribution >= 4 is 5.97 Å². The fraction of sp³-hybridized carbons (Fsp3) is 0.286. The van der Waals surface area contributed by atoms with E-state index in [0.717, 1.165) is 28.1 Å². The Labute approximate surface area is 106 Å². The fourth-order valence-corrected chi connectivity index (χ4v) is 2.25. The van der Waals surface area contributed by atoms with E-state index in [9.17, 15) is 4.79 Å². The summed E-state index contributed by atoms with van der Waals surface area (Å²) in [7, 11) is 1.91. The number of aryl methyl sites for hydroxylation is 3. The SMILES string of the molecule is Cc1cc(-c2c(C)nn(C)c2C)ccc1C(=O)O. The molecule has 1 N–H and O–H groups in total. The summed E-state index contributed by atoms with van der Waals surface area (Å²) in [6, 6.07) is 5.40. The first-order valence-electron chi connectivity index (χ1n) is 5.76. The molecule has 0 fully saturated rings. The number of aromatic nitrogens is 2. The van der Waals surface area contributed by atoms with Gasteiger partial charge in [-0.05, 0) is 38.0 Å². The molecule has 0 bridgehead atoms. The molecule has 0 saturated carbocycles. The average molecular weight is 244 g/mol.